The standard InChI is InChI=1S/C10H21NO2/c1-10(2,13-3)7-11-8-5-4-6-9(8)12/h8-9,11-12H,4-7H2,1-3H3/t8-,9-/m1/s1. The van der Waals surface area contributed by atoms with Gasteiger partial charge in [0.05, 0.1) is 11.7 Å². The Labute approximate surface area is 80.5 Å². The van der Waals surface area contributed by atoms with Crippen LogP contribution in [0.1, 0.15) is 33.1 Å². The molecule has 1 aliphatic rings. The summed E-state index contributed by atoms with van der Waals surface area (Å²) in [6, 6.07) is 0.273. The van der Waals surface area contributed by atoms with Gasteiger partial charge in [0.15, 0.2) is 0 Å². The van der Waals surface area contributed by atoms with Crippen LogP contribution in [0.5, 0.6) is 0 Å². The molecule has 0 aromatic rings. The first-order valence-electron chi connectivity index (χ1n) is 5.02. The molecule has 1 aliphatic carbocycles. The zero-order valence-electron chi connectivity index (χ0n) is 8.84. The third-order valence-electron chi connectivity index (χ3n) is 2.82. The number of ether oxygens (including phenoxy) is 1. The highest BCUT2D eigenvalue weighted by atomic mass is 16.5. The van der Waals surface area contributed by atoms with Crippen LogP contribution in [0, 0.1) is 0 Å². The van der Waals surface area contributed by atoms with Crippen molar-refractivity contribution in [3.8, 4) is 0 Å². The van der Waals surface area contributed by atoms with Crippen molar-refractivity contribution >= 4 is 0 Å². The number of aliphatic hydroxyl groups excluding tert-OH is 1. The molecule has 0 aromatic heterocycles. The fourth-order valence-electron chi connectivity index (χ4n) is 1.63. The van der Waals surface area contributed by atoms with Gasteiger partial charge in [-0.2, -0.15) is 0 Å². The predicted octanol–water partition coefficient (Wildman–Crippen LogP) is 0.914. The molecule has 0 heterocycles. The number of rotatable bonds is 4. The Hall–Kier alpha value is -0.120. The highest BCUT2D eigenvalue weighted by Gasteiger charge is 2.26. The SMILES string of the molecule is COC(C)(C)CN[C@@H]1CCC[C@H]1O. The average Bonchev–Trinajstić information content (AvgIpc) is 2.48. The van der Waals surface area contributed by atoms with Gasteiger partial charge in [-0.05, 0) is 33.1 Å². The lowest BCUT2D eigenvalue weighted by Gasteiger charge is -2.26. The Kier molecular flexibility index (Phi) is 3.71. The van der Waals surface area contributed by atoms with Crippen molar-refractivity contribution in [2.45, 2.75) is 50.9 Å². The van der Waals surface area contributed by atoms with Gasteiger partial charge in [0.2, 0.25) is 0 Å². The highest BCUT2D eigenvalue weighted by molar-refractivity contribution is 4.85. The van der Waals surface area contributed by atoms with Gasteiger partial charge in [-0.15, -0.1) is 0 Å². The van der Waals surface area contributed by atoms with Crippen LogP contribution >= 0.6 is 0 Å². The van der Waals surface area contributed by atoms with E-state index < -0.39 is 0 Å². The summed E-state index contributed by atoms with van der Waals surface area (Å²) in [5.74, 6) is 0. The fraction of sp³-hybridized carbons (Fsp3) is 1.00. The van der Waals surface area contributed by atoms with Gasteiger partial charge in [-0.25, -0.2) is 0 Å². The van der Waals surface area contributed by atoms with Crippen LogP contribution < -0.4 is 5.32 Å². The van der Waals surface area contributed by atoms with Crippen LogP contribution in [0.4, 0.5) is 0 Å². The zero-order chi connectivity index (χ0) is 9.90. The maximum atomic E-state index is 9.56. The van der Waals surface area contributed by atoms with Gasteiger partial charge in [0, 0.05) is 19.7 Å². The number of hydrogen-bond acceptors (Lipinski definition) is 3. The Morgan fingerprint density at radius 2 is 2.15 bits per heavy atom. The van der Waals surface area contributed by atoms with Gasteiger partial charge in [-0.1, -0.05) is 0 Å². The summed E-state index contributed by atoms with van der Waals surface area (Å²) in [6.07, 6.45) is 2.99. The molecular formula is C10H21NO2. The van der Waals surface area contributed by atoms with Crippen molar-refractivity contribution in [2.75, 3.05) is 13.7 Å². The lowest BCUT2D eigenvalue weighted by atomic mass is 10.1. The fourth-order valence-corrected chi connectivity index (χ4v) is 1.63. The minimum Gasteiger partial charge on any atom is -0.392 e. The Morgan fingerprint density at radius 3 is 2.62 bits per heavy atom. The molecule has 3 nitrogen and oxygen atoms in total. The molecule has 1 rings (SSSR count). The van der Waals surface area contributed by atoms with E-state index in [-0.39, 0.29) is 17.7 Å². The lowest BCUT2D eigenvalue weighted by molar-refractivity contribution is 0.0170. The molecule has 0 spiro atoms. The molecule has 0 unspecified atom stereocenters. The van der Waals surface area contributed by atoms with Gasteiger partial charge in [-0.3, -0.25) is 0 Å². The molecular weight excluding hydrogens is 166 g/mol. The largest absolute Gasteiger partial charge is 0.392 e. The smallest absolute Gasteiger partial charge is 0.0746 e. The Balaban J connectivity index is 2.25. The Bertz CT molecular complexity index is 159. The molecule has 0 radical (unpaired) electrons. The first-order chi connectivity index (χ1) is 6.05. The van der Waals surface area contributed by atoms with Gasteiger partial charge in [0.1, 0.15) is 0 Å². The second-order valence-corrected chi connectivity index (χ2v) is 4.45. The third kappa shape index (κ3) is 3.25. The topological polar surface area (TPSA) is 41.5 Å². The molecule has 78 valence electrons. The van der Waals surface area contributed by atoms with Crippen LogP contribution in [0.25, 0.3) is 0 Å². The van der Waals surface area contributed by atoms with Crippen LogP contribution in [0.3, 0.4) is 0 Å². The molecule has 0 amide bonds. The number of nitrogens with one attached hydrogen (secondary N) is 1. The van der Waals surface area contributed by atoms with Crippen molar-refractivity contribution in [1.29, 1.82) is 0 Å². The van der Waals surface area contributed by atoms with E-state index in [1.54, 1.807) is 7.11 Å². The first kappa shape index (κ1) is 11.0. The summed E-state index contributed by atoms with van der Waals surface area (Å²) in [7, 11) is 1.72. The summed E-state index contributed by atoms with van der Waals surface area (Å²) in [4.78, 5) is 0. The van der Waals surface area contributed by atoms with E-state index in [1.165, 1.54) is 0 Å². The van der Waals surface area contributed by atoms with E-state index in [4.69, 9.17) is 4.74 Å². The molecule has 1 fully saturated rings. The highest BCUT2D eigenvalue weighted by Crippen LogP contribution is 2.19. The second kappa shape index (κ2) is 4.40. The zero-order valence-corrected chi connectivity index (χ0v) is 8.84. The molecule has 2 N–H and O–H groups in total. The van der Waals surface area contributed by atoms with E-state index in [9.17, 15) is 5.11 Å². The molecule has 1 saturated carbocycles. The molecule has 0 aromatic carbocycles. The minimum absolute atomic E-state index is 0.137. The molecule has 0 aliphatic heterocycles. The van der Waals surface area contributed by atoms with Crippen molar-refractivity contribution in [3.63, 3.8) is 0 Å². The third-order valence-corrected chi connectivity index (χ3v) is 2.82. The number of aliphatic hydroxyl groups is 1. The van der Waals surface area contributed by atoms with Crippen molar-refractivity contribution in [3.05, 3.63) is 0 Å². The number of methoxy groups -OCH3 is 1. The van der Waals surface area contributed by atoms with Crippen molar-refractivity contribution in [2.24, 2.45) is 0 Å². The molecule has 13 heavy (non-hydrogen) atoms. The maximum absolute atomic E-state index is 9.56. The minimum atomic E-state index is -0.160. The summed E-state index contributed by atoms with van der Waals surface area (Å²) in [6.45, 7) is 4.88. The second-order valence-electron chi connectivity index (χ2n) is 4.45. The van der Waals surface area contributed by atoms with Crippen LogP contribution in [0.15, 0.2) is 0 Å². The number of hydrogen-bond donors (Lipinski definition) is 2. The molecule has 3 heteroatoms. The van der Waals surface area contributed by atoms with Crippen LogP contribution in [-0.4, -0.2) is 36.5 Å². The van der Waals surface area contributed by atoms with Crippen LogP contribution in [-0.2, 0) is 4.74 Å². The molecule has 0 bridgehead atoms. The van der Waals surface area contributed by atoms with Gasteiger partial charge < -0.3 is 15.2 Å². The van der Waals surface area contributed by atoms with E-state index in [0.29, 0.717) is 0 Å². The predicted molar refractivity (Wildman–Crippen MR) is 52.7 cm³/mol. The molecule has 0 saturated heterocycles. The summed E-state index contributed by atoms with van der Waals surface area (Å²) < 4.78 is 5.29. The van der Waals surface area contributed by atoms with E-state index >= 15 is 0 Å². The quantitative estimate of drug-likeness (QED) is 0.687. The monoisotopic (exact) mass is 187 g/mol. The van der Waals surface area contributed by atoms with E-state index in [2.05, 4.69) is 5.32 Å². The summed E-state index contributed by atoms with van der Waals surface area (Å²) in [5.41, 5.74) is -0.137. The van der Waals surface area contributed by atoms with Gasteiger partial charge >= 0.3 is 0 Å². The van der Waals surface area contributed by atoms with E-state index in [1.807, 2.05) is 13.8 Å². The van der Waals surface area contributed by atoms with Crippen molar-refractivity contribution < 1.29 is 9.84 Å². The van der Waals surface area contributed by atoms with Gasteiger partial charge in [0.25, 0.3) is 0 Å². The normalized spacial score (nSPS) is 29.5. The molecule has 2 atom stereocenters. The van der Waals surface area contributed by atoms with E-state index in [0.717, 1.165) is 25.8 Å². The average molecular weight is 187 g/mol. The van der Waals surface area contributed by atoms with Crippen LogP contribution in [0.2, 0.25) is 0 Å². The van der Waals surface area contributed by atoms with Crippen molar-refractivity contribution in [1.82, 2.24) is 5.32 Å². The summed E-state index contributed by atoms with van der Waals surface area (Å²) in [5, 5.41) is 12.9. The summed E-state index contributed by atoms with van der Waals surface area (Å²) >= 11 is 0. The first-order valence-corrected chi connectivity index (χ1v) is 5.02. The Morgan fingerprint density at radius 1 is 1.46 bits per heavy atom. The lowest BCUT2D eigenvalue weighted by Crippen LogP contribution is -2.44. The maximum Gasteiger partial charge on any atom is 0.0746 e.